The highest BCUT2D eigenvalue weighted by atomic mass is 16.3. The molecule has 0 radical (unpaired) electrons. The Kier molecular flexibility index (Phi) is 5.77. The summed E-state index contributed by atoms with van der Waals surface area (Å²) in [6.45, 7) is 0.481. The predicted octanol–water partition coefficient (Wildman–Crippen LogP) is 0.735. The van der Waals surface area contributed by atoms with Crippen molar-refractivity contribution in [1.29, 1.82) is 0 Å². The smallest absolute Gasteiger partial charge is 0.222 e. The number of nitrogens with zero attached hydrogens (tertiary/aromatic N) is 1. The maximum absolute atomic E-state index is 11.6. The fraction of sp³-hybridized carbons (Fsp3) is 0.917. The van der Waals surface area contributed by atoms with E-state index in [4.69, 9.17) is 10.8 Å². The Morgan fingerprint density at radius 1 is 1.38 bits per heavy atom. The van der Waals surface area contributed by atoms with E-state index in [9.17, 15) is 4.79 Å². The molecule has 0 unspecified atom stereocenters. The molecule has 0 atom stereocenters. The van der Waals surface area contributed by atoms with Crippen molar-refractivity contribution in [1.82, 2.24) is 4.90 Å². The van der Waals surface area contributed by atoms with Gasteiger partial charge in [0.2, 0.25) is 5.91 Å². The van der Waals surface area contributed by atoms with Crippen molar-refractivity contribution in [2.45, 2.75) is 44.6 Å². The molecule has 1 aliphatic rings. The van der Waals surface area contributed by atoms with Crippen LogP contribution >= 0.6 is 0 Å². The minimum Gasteiger partial charge on any atom is -0.395 e. The highest BCUT2D eigenvalue weighted by Crippen LogP contribution is 2.26. The standard InChI is InChI=1S/C12H24N2O2/c1-14(8-9-15)12(16)7-4-10-2-5-11(13)6-3-10/h10-11,15H,2-9,13H2,1H3. The van der Waals surface area contributed by atoms with Gasteiger partial charge in [0.15, 0.2) is 0 Å². The van der Waals surface area contributed by atoms with Gasteiger partial charge >= 0.3 is 0 Å². The fourth-order valence-electron chi connectivity index (χ4n) is 2.27. The third-order valence-corrected chi connectivity index (χ3v) is 3.52. The summed E-state index contributed by atoms with van der Waals surface area (Å²) >= 11 is 0. The van der Waals surface area contributed by atoms with Crippen molar-refractivity contribution >= 4 is 5.91 Å². The summed E-state index contributed by atoms with van der Waals surface area (Å²) in [5.41, 5.74) is 5.84. The largest absolute Gasteiger partial charge is 0.395 e. The monoisotopic (exact) mass is 228 g/mol. The normalized spacial score (nSPS) is 25.4. The van der Waals surface area contributed by atoms with Crippen molar-refractivity contribution in [3.8, 4) is 0 Å². The molecule has 0 saturated heterocycles. The van der Waals surface area contributed by atoms with Crippen LogP contribution < -0.4 is 5.73 Å². The van der Waals surface area contributed by atoms with Gasteiger partial charge in [0.1, 0.15) is 0 Å². The molecule has 4 heteroatoms. The lowest BCUT2D eigenvalue weighted by Gasteiger charge is -2.26. The molecule has 0 aromatic carbocycles. The number of carbonyl (C=O) groups is 1. The average Bonchev–Trinajstić information content (AvgIpc) is 2.28. The minimum atomic E-state index is 0.0422. The van der Waals surface area contributed by atoms with Crippen LogP contribution in [0.1, 0.15) is 38.5 Å². The molecule has 1 saturated carbocycles. The Morgan fingerprint density at radius 3 is 2.56 bits per heavy atom. The number of rotatable bonds is 5. The van der Waals surface area contributed by atoms with Gasteiger partial charge in [-0.2, -0.15) is 0 Å². The van der Waals surface area contributed by atoms with E-state index in [0.29, 0.717) is 24.9 Å². The van der Waals surface area contributed by atoms with Gasteiger partial charge in [-0.1, -0.05) is 0 Å². The maximum atomic E-state index is 11.6. The Morgan fingerprint density at radius 2 is 2.00 bits per heavy atom. The molecule has 0 spiro atoms. The maximum Gasteiger partial charge on any atom is 0.222 e. The second kappa shape index (κ2) is 6.86. The number of amides is 1. The molecular formula is C12H24N2O2. The van der Waals surface area contributed by atoms with E-state index in [-0.39, 0.29) is 12.5 Å². The number of hydrogen-bond acceptors (Lipinski definition) is 3. The lowest BCUT2D eigenvalue weighted by molar-refractivity contribution is -0.130. The van der Waals surface area contributed by atoms with Crippen LogP contribution in [0.25, 0.3) is 0 Å². The lowest BCUT2D eigenvalue weighted by Crippen LogP contribution is -2.30. The highest BCUT2D eigenvalue weighted by molar-refractivity contribution is 5.75. The zero-order valence-corrected chi connectivity index (χ0v) is 10.2. The molecule has 1 rings (SSSR count). The van der Waals surface area contributed by atoms with E-state index in [1.54, 1.807) is 11.9 Å². The van der Waals surface area contributed by atoms with E-state index in [1.165, 1.54) is 0 Å². The first-order valence-corrected chi connectivity index (χ1v) is 6.24. The van der Waals surface area contributed by atoms with E-state index in [2.05, 4.69) is 0 Å². The zero-order chi connectivity index (χ0) is 12.0. The SMILES string of the molecule is CN(CCO)C(=O)CCC1CCC(N)CC1. The first-order chi connectivity index (χ1) is 7.63. The van der Waals surface area contributed by atoms with Crippen molar-refractivity contribution in [3.05, 3.63) is 0 Å². The molecule has 0 bridgehead atoms. The number of nitrogens with two attached hydrogens (primary N) is 1. The first-order valence-electron chi connectivity index (χ1n) is 6.24. The topological polar surface area (TPSA) is 66.6 Å². The molecule has 0 aromatic heterocycles. The quantitative estimate of drug-likeness (QED) is 0.729. The highest BCUT2D eigenvalue weighted by Gasteiger charge is 2.19. The third kappa shape index (κ3) is 4.49. The van der Waals surface area contributed by atoms with Crippen molar-refractivity contribution in [2.75, 3.05) is 20.2 Å². The van der Waals surface area contributed by atoms with Gasteiger partial charge in [-0.05, 0) is 38.0 Å². The fourth-order valence-corrected chi connectivity index (χ4v) is 2.27. The van der Waals surface area contributed by atoms with Crippen molar-refractivity contribution in [2.24, 2.45) is 11.7 Å². The van der Waals surface area contributed by atoms with Gasteiger partial charge in [0, 0.05) is 26.1 Å². The Balaban J connectivity index is 2.16. The van der Waals surface area contributed by atoms with Gasteiger partial charge < -0.3 is 15.7 Å². The van der Waals surface area contributed by atoms with Crippen LogP contribution in [0, 0.1) is 5.92 Å². The molecule has 1 fully saturated rings. The van der Waals surface area contributed by atoms with E-state index >= 15 is 0 Å². The molecule has 94 valence electrons. The summed E-state index contributed by atoms with van der Waals surface area (Å²) in [6.07, 6.45) is 6.12. The molecule has 1 amide bonds. The zero-order valence-electron chi connectivity index (χ0n) is 10.2. The van der Waals surface area contributed by atoms with Crippen LogP contribution in [0.2, 0.25) is 0 Å². The van der Waals surface area contributed by atoms with Crippen LogP contribution in [0.3, 0.4) is 0 Å². The molecule has 0 aliphatic heterocycles. The van der Waals surface area contributed by atoms with Crippen LogP contribution in [0.5, 0.6) is 0 Å². The van der Waals surface area contributed by atoms with E-state index < -0.39 is 0 Å². The summed E-state index contributed by atoms with van der Waals surface area (Å²) in [5.74, 6) is 0.815. The van der Waals surface area contributed by atoms with E-state index in [1.807, 2.05) is 0 Å². The summed E-state index contributed by atoms with van der Waals surface area (Å²) < 4.78 is 0. The minimum absolute atomic E-state index is 0.0422. The Labute approximate surface area is 97.8 Å². The van der Waals surface area contributed by atoms with Gasteiger partial charge in [0.05, 0.1) is 6.61 Å². The number of aliphatic hydroxyl groups is 1. The van der Waals surface area contributed by atoms with Gasteiger partial charge in [-0.15, -0.1) is 0 Å². The van der Waals surface area contributed by atoms with E-state index in [0.717, 1.165) is 32.1 Å². The first kappa shape index (κ1) is 13.5. The average molecular weight is 228 g/mol. The van der Waals surface area contributed by atoms with Crippen LogP contribution in [0.4, 0.5) is 0 Å². The summed E-state index contributed by atoms with van der Waals surface area (Å²) in [6, 6.07) is 0.379. The molecule has 0 aromatic rings. The molecule has 1 aliphatic carbocycles. The van der Waals surface area contributed by atoms with Gasteiger partial charge in [-0.3, -0.25) is 4.79 Å². The lowest BCUT2D eigenvalue weighted by atomic mass is 9.84. The van der Waals surface area contributed by atoms with Crippen LogP contribution in [-0.2, 0) is 4.79 Å². The summed E-state index contributed by atoms with van der Waals surface area (Å²) in [5, 5.41) is 8.72. The molecule has 0 heterocycles. The predicted molar refractivity (Wildman–Crippen MR) is 63.9 cm³/mol. The van der Waals surface area contributed by atoms with Gasteiger partial charge in [-0.25, -0.2) is 0 Å². The molecule has 4 nitrogen and oxygen atoms in total. The molecule has 3 N–H and O–H groups in total. The molecular weight excluding hydrogens is 204 g/mol. The summed E-state index contributed by atoms with van der Waals surface area (Å²) in [4.78, 5) is 13.2. The number of likely N-dealkylation sites (N-methyl/N-ethyl adjacent to an activating group) is 1. The number of hydrogen-bond donors (Lipinski definition) is 2. The molecule has 16 heavy (non-hydrogen) atoms. The van der Waals surface area contributed by atoms with Crippen LogP contribution in [-0.4, -0.2) is 42.2 Å². The van der Waals surface area contributed by atoms with Gasteiger partial charge in [0.25, 0.3) is 0 Å². The summed E-state index contributed by atoms with van der Waals surface area (Å²) in [7, 11) is 1.75. The Bertz CT molecular complexity index is 213. The van der Waals surface area contributed by atoms with Crippen molar-refractivity contribution in [3.63, 3.8) is 0 Å². The third-order valence-electron chi connectivity index (χ3n) is 3.52. The number of aliphatic hydroxyl groups excluding tert-OH is 1. The number of carbonyl (C=O) groups excluding carboxylic acids is 1. The second-order valence-corrected chi connectivity index (χ2v) is 4.86. The van der Waals surface area contributed by atoms with Crippen molar-refractivity contribution < 1.29 is 9.90 Å². The second-order valence-electron chi connectivity index (χ2n) is 4.86. The van der Waals surface area contributed by atoms with Crippen LogP contribution in [0.15, 0.2) is 0 Å². The Hall–Kier alpha value is -0.610.